The van der Waals surface area contributed by atoms with Gasteiger partial charge >= 0.3 is 0 Å². The first-order valence-corrected chi connectivity index (χ1v) is 11.9. The minimum Gasteiger partial charge on any atom is -0.444 e. The fraction of sp³-hybridized carbons (Fsp3) is 0.600. The summed E-state index contributed by atoms with van der Waals surface area (Å²) in [5.74, 6) is 4.14. The number of aryl methyl sites for hydroxylation is 2. The van der Waals surface area contributed by atoms with Gasteiger partial charge in [-0.2, -0.15) is 0 Å². The number of hydrogen-bond acceptors (Lipinski definition) is 4. The highest BCUT2D eigenvalue weighted by molar-refractivity contribution is 5.80. The fourth-order valence-electron chi connectivity index (χ4n) is 4.72. The van der Waals surface area contributed by atoms with Crippen molar-refractivity contribution in [2.45, 2.75) is 52.5 Å². The van der Waals surface area contributed by atoms with Crippen LogP contribution in [-0.2, 0) is 6.54 Å². The van der Waals surface area contributed by atoms with E-state index < -0.39 is 0 Å². The van der Waals surface area contributed by atoms with Crippen LogP contribution >= 0.6 is 0 Å². The molecule has 31 heavy (non-hydrogen) atoms. The van der Waals surface area contributed by atoms with Gasteiger partial charge in [0.25, 0.3) is 0 Å². The molecule has 0 amide bonds. The van der Waals surface area contributed by atoms with Crippen molar-refractivity contribution in [1.82, 2.24) is 20.1 Å². The lowest BCUT2D eigenvalue weighted by atomic mass is 9.97. The molecule has 1 aromatic carbocycles. The number of nitrogens with zero attached hydrogens (tertiary/aromatic N) is 4. The lowest BCUT2D eigenvalue weighted by molar-refractivity contribution is 0.166. The summed E-state index contributed by atoms with van der Waals surface area (Å²) in [6, 6.07) is 10.9. The molecule has 2 aliphatic heterocycles. The number of rotatable bonds is 6. The number of likely N-dealkylation sites (tertiary alicyclic amines) is 2. The number of aromatic nitrogens is 1. The van der Waals surface area contributed by atoms with Gasteiger partial charge in [-0.3, -0.25) is 9.89 Å². The topological polar surface area (TPSA) is 56.9 Å². The molecule has 6 nitrogen and oxygen atoms in total. The van der Waals surface area contributed by atoms with Crippen molar-refractivity contribution >= 4 is 5.96 Å². The zero-order valence-corrected chi connectivity index (χ0v) is 19.3. The van der Waals surface area contributed by atoms with Gasteiger partial charge in [-0.05, 0) is 64.6 Å². The molecule has 0 bridgehead atoms. The van der Waals surface area contributed by atoms with E-state index >= 15 is 0 Å². The van der Waals surface area contributed by atoms with Crippen LogP contribution in [0.1, 0.15) is 55.0 Å². The molecule has 0 saturated carbocycles. The third kappa shape index (κ3) is 5.67. The van der Waals surface area contributed by atoms with Crippen molar-refractivity contribution in [3.63, 3.8) is 0 Å². The van der Waals surface area contributed by atoms with Crippen LogP contribution in [-0.4, -0.2) is 60.0 Å². The number of benzene rings is 1. The Morgan fingerprint density at radius 1 is 1.13 bits per heavy atom. The number of aliphatic imine (C=N–C) groups is 1. The summed E-state index contributed by atoms with van der Waals surface area (Å²) in [4.78, 5) is 14.5. The van der Waals surface area contributed by atoms with E-state index in [1.807, 2.05) is 13.8 Å². The van der Waals surface area contributed by atoms with Crippen molar-refractivity contribution in [2.75, 3.05) is 39.3 Å². The van der Waals surface area contributed by atoms with Crippen LogP contribution in [0.4, 0.5) is 0 Å². The van der Waals surface area contributed by atoms with Gasteiger partial charge in [-0.25, -0.2) is 4.98 Å². The van der Waals surface area contributed by atoms with Gasteiger partial charge in [0.2, 0.25) is 5.89 Å². The van der Waals surface area contributed by atoms with Gasteiger partial charge in [0.05, 0.1) is 12.2 Å². The molecule has 168 valence electrons. The molecule has 1 atom stereocenters. The van der Waals surface area contributed by atoms with Gasteiger partial charge in [0.15, 0.2) is 5.96 Å². The van der Waals surface area contributed by atoms with E-state index in [1.54, 1.807) is 0 Å². The monoisotopic (exact) mass is 423 g/mol. The largest absolute Gasteiger partial charge is 0.444 e. The maximum atomic E-state index is 5.76. The molecule has 6 heteroatoms. The summed E-state index contributed by atoms with van der Waals surface area (Å²) < 4.78 is 5.76. The SMILES string of the molecule is CCNC(=NCC1CCN(Cc2nc(C)c(C)o2)CC1)N1CCC(c2ccccc2)C1. The van der Waals surface area contributed by atoms with E-state index in [9.17, 15) is 0 Å². The van der Waals surface area contributed by atoms with E-state index in [-0.39, 0.29) is 0 Å². The van der Waals surface area contributed by atoms with E-state index in [1.165, 1.54) is 24.8 Å². The normalized spacial score (nSPS) is 21.1. The van der Waals surface area contributed by atoms with Crippen molar-refractivity contribution in [3.8, 4) is 0 Å². The second kappa shape index (κ2) is 10.3. The van der Waals surface area contributed by atoms with Crippen molar-refractivity contribution < 1.29 is 4.42 Å². The quantitative estimate of drug-likeness (QED) is 0.563. The van der Waals surface area contributed by atoms with Gasteiger partial charge in [0.1, 0.15) is 5.76 Å². The second-order valence-electron chi connectivity index (χ2n) is 9.01. The Hall–Kier alpha value is -2.34. The fourth-order valence-corrected chi connectivity index (χ4v) is 4.72. The molecule has 2 aromatic rings. The summed E-state index contributed by atoms with van der Waals surface area (Å²) in [7, 11) is 0. The second-order valence-corrected chi connectivity index (χ2v) is 9.01. The molecule has 0 spiro atoms. The Morgan fingerprint density at radius 3 is 2.58 bits per heavy atom. The van der Waals surface area contributed by atoms with Crippen molar-refractivity contribution in [1.29, 1.82) is 0 Å². The summed E-state index contributed by atoms with van der Waals surface area (Å²) >= 11 is 0. The molecule has 4 rings (SSSR count). The minimum absolute atomic E-state index is 0.607. The highest BCUT2D eigenvalue weighted by atomic mass is 16.4. The number of nitrogens with one attached hydrogen (secondary N) is 1. The lowest BCUT2D eigenvalue weighted by Crippen LogP contribution is -2.41. The minimum atomic E-state index is 0.607. The summed E-state index contributed by atoms with van der Waals surface area (Å²) in [6.07, 6.45) is 3.58. The highest BCUT2D eigenvalue weighted by Crippen LogP contribution is 2.27. The summed E-state index contributed by atoms with van der Waals surface area (Å²) in [6.45, 7) is 13.1. The maximum absolute atomic E-state index is 5.76. The van der Waals surface area contributed by atoms with Crippen molar-refractivity contribution in [2.24, 2.45) is 10.9 Å². The van der Waals surface area contributed by atoms with E-state index in [4.69, 9.17) is 9.41 Å². The molecular weight excluding hydrogens is 386 g/mol. The molecule has 1 unspecified atom stereocenters. The van der Waals surface area contributed by atoms with Crippen LogP contribution < -0.4 is 5.32 Å². The smallest absolute Gasteiger partial charge is 0.208 e. The number of piperidine rings is 1. The lowest BCUT2D eigenvalue weighted by Gasteiger charge is -2.30. The predicted molar refractivity (Wildman–Crippen MR) is 125 cm³/mol. The molecule has 1 N–H and O–H groups in total. The Balaban J connectivity index is 1.27. The standard InChI is InChI=1S/C25H37N5O/c1-4-26-25(30-15-12-23(17-30)22-8-6-5-7-9-22)27-16-21-10-13-29(14-11-21)18-24-28-19(2)20(3)31-24/h5-9,21,23H,4,10-18H2,1-3H3,(H,26,27). The molecule has 0 aliphatic carbocycles. The van der Waals surface area contributed by atoms with Crippen LogP contribution in [0.2, 0.25) is 0 Å². The van der Waals surface area contributed by atoms with E-state index in [2.05, 4.69) is 57.4 Å². The summed E-state index contributed by atoms with van der Waals surface area (Å²) in [5, 5.41) is 3.53. The average Bonchev–Trinajstić information content (AvgIpc) is 3.39. The third-order valence-corrected chi connectivity index (χ3v) is 6.73. The summed E-state index contributed by atoms with van der Waals surface area (Å²) in [5.41, 5.74) is 2.45. The third-order valence-electron chi connectivity index (χ3n) is 6.73. The first-order chi connectivity index (χ1) is 15.1. The molecule has 2 fully saturated rings. The Labute approximate surface area is 186 Å². The molecule has 1 aromatic heterocycles. The van der Waals surface area contributed by atoms with Gasteiger partial charge in [-0.15, -0.1) is 0 Å². The molecule has 3 heterocycles. The molecule has 2 aliphatic rings. The number of oxazole rings is 1. The zero-order valence-electron chi connectivity index (χ0n) is 19.3. The van der Waals surface area contributed by atoms with E-state index in [0.29, 0.717) is 11.8 Å². The van der Waals surface area contributed by atoms with E-state index in [0.717, 1.165) is 69.1 Å². The molecular formula is C25H37N5O. The van der Waals surface area contributed by atoms with Gasteiger partial charge in [-0.1, -0.05) is 30.3 Å². The first-order valence-electron chi connectivity index (χ1n) is 11.9. The Kier molecular flexibility index (Phi) is 7.28. The van der Waals surface area contributed by atoms with Crippen LogP contribution in [0.25, 0.3) is 0 Å². The number of hydrogen-bond donors (Lipinski definition) is 1. The first kappa shape index (κ1) is 21.9. The van der Waals surface area contributed by atoms with Gasteiger partial charge in [0, 0.05) is 32.1 Å². The predicted octanol–water partition coefficient (Wildman–Crippen LogP) is 3.96. The van der Waals surface area contributed by atoms with Crippen LogP contribution in [0.3, 0.4) is 0 Å². The Morgan fingerprint density at radius 2 is 1.90 bits per heavy atom. The van der Waals surface area contributed by atoms with Gasteiger partial charge < -0.3 is 14.6 Å². The highest BCUT2D eigenvalue weighted by Gasteiger charge is 2.26. The molecule has 0 radical (unpaired) electrons. The van der Waals surface area contributed by atoms with Crippen LogP contribution in [0.15, 0.2) is 39.7 Å². The zero-order chi connectivity index (χ0) is 21.6. The number of guanidine groups is 1. The Bertz CT molecular complexity index is 835. The van der Waals surface area contributed by atoms with Crippen LogP contribution in [0, 0.1) is 19.8 Å². The van der Waals surface area contributed by atoms with Crippen molar-refractivity contribution in [3.05, 3.63) is 53.2 Å². The molecule has 2 saturated heterocycles. The maximum Gasteiger partial charge on any atom is 0.208 e. The average molecular weight is 424 g/mol. The van der Waals surface area contributed by atoms with Crippen LogP contribution in [0.5, 0.6) is 0 Å².